The second-order valence-corrected chi connectivity index (χ2v) is 9.76. The molecule has 1 N–H and O–H groups in total. The van der Waals surface area contributed by atoms with E-state index in [1.54, 1.807) is 6.07 Å². The number of rotatable bonds is 9. The van der Waals surface area contributed by atoms with E-state index in [4.69, 9.17) is 9.72 Å². The highest BCUT2D eigenvalue weighted by Gasteiger charge is 2.30. The second-order valence-electron chi connectivity index (χ2n) is 8.75. The summed E-state index contributed by atoms with van der Waals surface area (Å²) in [5.74, 6) is -0.742. The van der Waals surface area contributed by atoms with Crippen LogP contribution in [0.25, 0.3) is 21.0 Å². The molecule has 0 aliphatic heterocycles. The van der Waals surface area contributed by atoms with Gasteiger partial charge >= 0.3 is 12.1 Å². The molecule has 0 atom stereocenters. The van der Waals surface area contributed by atoms with Crippen LogP contribution < -0.4 is 9.64 Å². The molecule has 0 amide bonds. The predicted octanol–water partition coefficient (Wildman–Crippen LogP) is 7.64. The highest BCUT2D eigenvalue weighted by atomic mass is 32.1. The number of aromatic carboxylic acids is 1. The number of alkyl halides is 3. The summed E-state index contributed by atoms with van der Waals surface area (Å²) in [6, 6.07) is 23.6. The molecular formula is C29H23F3N2O3S. The lowest BCUT2D eigenvalue weighted by molar-refractivity contribution is -0.137. The molecule has 0 bridgehead atoms. The van der Waals surface area contributed by atoms with E-state index >= 15 is 0 Å². The summed E-state index contributed by atoms with van der Waals surface area (Å²) in [7, 11) is 0. The SMILES string of the molecule is O=C(O)c1ccc2ccccc2c1OCCCN(Cc1ccc(C(F)(F)F)cc1)c1nc2ccccc2s1. The minimum atomic E-state index is -4.39. The summed E-state index contributed by atoms with van der Waals surface area (Å²) in [5.41, 5.74) is 0.977. The van der Waals surface area contributed by atoms with Crippen LogP contribution in [0.1, 0.15) is 27.9 Å². The van der Waals surface area contributed by atoms with Crippen LogP contribution in [-0.4, -0.2) is 29.2 Å². The van der Waals surface area contributed by atoms with E-state index in [2.05, 4.69) is 0 Å². The van der Waals surface area contributed by atoms with E-state index in [-0.39, 0.29) is 12.2 Å². The Morgan fingerprint density at radius 1 is 0.947 bits per heavy atom. The van der Waals surface area contributed by atoms with Crippen molar-refractivity contribution >= 4 is 43.4 Å². The van der Waals surface area contributed by atoms with Crippen molar-refractivity contribution in [2.24, 2.45) is 0 Å². The lowest BCUT2D eigenvalue weighted by Crippen LogP contribution is -2.25. The average Bonchev–Trinajstić information content (AvgIpc) is 3.34. The number of nitrogens with zero attached hydrogens (tertiary/aromatic N) is 2. The van der Waals surface area contributed by atoms with Crippen LogP contribution >= 0.6 is 11.3 Å². The summed E-state index contributed by atoms with van der Waals surface area (Å²) >= 11 is 1.51. The molecule has 0 aliphatic rings. The van der Waals surface area contributed by atoms with Gasteiger partial charge in [-0.05, 0) is 47.7 Å². The molecule has 5 aromatic rings. The number of aromatic nitrogens is 1. The topological polar surface area (TPSA) is 62.7 Å². The van der Waals surface area contributed by atoms with Crippen LogP contribution in [0.4, 0.5) is 18.3 Å². The summed E-state index contributed by atoms with van der Waals surface area (Å²) in [6.07, 6.45) is -3.85. The van der Waals surface area contributed by atoms with Gasteiger partial charge in [-0.25, -0.2) is 9.78 Å². The normalized spacial score (nSPS) is 11.7. The molecule has 0 spiro atoms. The van der Waals surface area contributed by atoms with Crippen molar-refractivity contribution in [1.29, 1.82) is 0 Å². The lowest BCUT2D eigenvalue weighted by atomic mass is 10.1. The molecule has 0 aliphatic carbocycles. The fourth-order valence-electron chi connectivity index (χ4n) is 4.25. The van der Waals surface area contributed by atoms with Crippen molar-refractivity contribution < 1.29 is 27.8 Å². The molecule has 5 rings (SSSR count). The number of benzene rings is 4. The monoisotopic (exact) mass is 536 g/mol. The summed E-state index contributed by atoms with van der Waals surface area (Å²) in [4.78, 5) is 18.5. The highest BCUT2D eigenvalue weighted by molar-refractivity contribution is 7.22. The maximum absolute atomic E-state index is 13.0. The number of hydrogen-bond acceptors (Lipinski definition) is 5. The third-order valence-electron chi connectivity index (χ3n) is 6.14. The van der Waals surface area contributed by atoms with Gasteiger partial charge in [0.2, 0.25) is 0 Å². The Hall–Kier alpha value is -4.11. The maximum atomic E-state index is 13.0. The Bertz CT molecular complexity index is 1550. The molecule has 194 valence electrons. The Morgan fingerprint density at radius 2 is 1.68 bits per heavy atom. The van der Waals surface area contributed by atoms with Crippen molar-refractivity contribution in [3.05, 3.63) is 102 Å². The van der Waals surface area contributed by atoms with Gasteiger partial charge in [-0.3, -0.25) is 0 Å². The molecule has 1 aromatic heterocycles. The van der Waals surface area contributed by atoms with Gasteiger partial charge in [-0.2, -0.15) is 13.2 Å². The molecule has 5 nitrogen and oxygen atoms in total. The number of anilines is 1. The van der Waals surface area contributed by atoms with Gasteiger partial charge in [0, 0.05) is 18.5 Å². The molecule has 0 fully saturated rings. The van der Waals surface area contributed by atoms with E-state index in [1.807, 2.05) is 53.4 Å². The minimum Gasteiger partial charge on any atom is -0.492 e. The van der Waals surface area contributed by atoms with Crippen molar-refractivity contribution in [2.45, 2.75) is 19.1 Å². The van der Waals surface area contributed by atoms with Gasteiger partial charge in [0.1, 0.15) is 11.3 Å². The van der Waals surface area contributed by atoms with Crippen molar-refractivity contribution in [3.8, 4) is 5.75 Å². The van der Waals surface area contributed by atoms with Gasteiger partial charge in [-0.1, -0.05) is 65.9 Å². The third kappa shape index (κ3) is 5.57. The maximum Gasteiger partial charge on any atom is 0.416 e. The minimum absolute atomic E-state index is 0.0940. The molecule has 0 saturated heterocycles. The molecule has 38 heavy (non-hydrogen) atoms. The van der Waals surface area contributed by atoms with Crippen molar-refractivity contribution in [3.63, 3.8) is 0 Å². The first-order valence-corrected chi connectivity index (χ1v) is 12.8. The van der Waals surface area contributed by atoms with Crippen LogP contribution in [0, 0.1) is 0 Å². The fourth-order valence-corrected chi connectivity index (χ4v) is 5.24. The number of para-hydroxylation sites is 1. The first kappa shape index (κ1) is 25.5. The van der Waals surface area contributed by atoms with E-state index in [9.17, 15) is 23.1 Å². The Morgan fingerprint density at radius 3 is 2.42 bits per heavy atom. The second kappa shape index (κ2) is 10.7. The molecular weight excluding hydrogens is 513 g/mol. The number of halogens is 3. The number of hydrogen-bond donors (Lipinski definition) is 1. The number of fused-ring (bicyclic) bond motifs is 2. The predicted molar refractivity (Wildman–Crippen MR) is 143 cm³/mol. The molecule has 0 unspecified atom stereocenters. The number of thiazole rings is 1. The number of carboxylic acids is 1. The summed E-state index contributed by atoms with van der Waals surface area (Å²) in [5, 5.41) is 12.0. The molecule has 0 radical (unpaired) electrons. The van der Waals surface area contributed by atoms with Crippen molar-refractivity contribution in [2.75, 3.05) is 18.1 Å². The van der Waals surface area contributed by atoms with Crippen LogP contribution in [0.5, 0.6) is 5.75 Å². The van der Waals surface area contributed by atoms with Gasteiger partial charge in [0.25, 0.3) is 0 Å². The fraction of sp³-hybridized carbons (Fsp3) is 0.172. The van der Waals surface area contributed by atoms with Gasteiger partial charge in [0.15, 0.2) is 5.13 Å². The Balaban J connectivity index is 1.35. The summed E-state index contributed by atoms with van der Waals surface area (Å²) in [6.45, 7) is 1.13. The van der Waals surface area contributed by atoms with E-state index in [1.165, 1.54) is 29.5 Å². The quantitative estimate of drug-likeness (QED) is 0.196. The molecule has 0 saturated carbocycles. The average molecular weight is 537 g/mol. The number of ether oxygens (including phenoxy) is 1. The van der Waals surface area contributed by atoms with Crippen LogP contribution in [0.15, 0.2) is 84.9 Å². The lowest BCUT2D eigenvalue weighted by Gasteiger charge is -2.22. The van der Waals surface area contributed by atoms with E-state index in [0.717, 1.165) is 43.8 Å². The molecule has 4 aromatic carbocycles. The largest absolute Gasteiger partial charge is 0.492 e. The summed E-state index contributed by atoms with van der Waals surface area (Å²) < 4.78 is 46.1. The standard InChI is InChI=1S/C29H23F3N2O3S/c30-29(31,32)21-13-10-19(11-14-21)18-34(28-33-24-8-3-4-9-25(24)38-28)16-5-17-37-26-22-7-2-1-6-20(22)12-15-23(26)27(35)36/h1-4,6-15H,5,16-18H2,(H,35,36). The van der Waals surface area contributed by atoms with Crippen LogP contribution in [0.2, 0.25) is 0 Å². The van der Waals surface area contributed by atoms with Crippen molar-refractivity contribution in [1.82, 2.24) is 4.98 Å². The first-order valence-electron chi connectivity index (χ1n) is 11.9. The zero-order chi connectivity index (χ0) is 26.7. The van der Waals surface area contributed by atoms with E-state index < -0.39 is 17.7 Å². The molecule has 9 heteroatoms. The zero-order valence-corrected chi connectivity index (χ0v) is 20.9. The number of carboxylic acid groups (broad SMARTS) is 1. The Kier molecular flexibility index (Phi) is 7.20. The smallest absolute Gasteiger partial charge is 0.416 e. The molecule has 1 heterocycles. The Labute approximate surface area is 220 Å². The van der Waals surface area contributed by atoms with E-state index in [0.29, 0.717) is 25.3 Å². The third-order valence-corrected chi connectivity index (χ3v) is 7.23. The first-order chi connectivity index (χ1) is 18.3. The number of carbonyl (C=O) groups is 1. The van der Waals surface area contributed by atoms with Gasteiger partial charge in [-0.15, -0.1) is 0 Å². The van der Waals surface area contributed by atoms with Crippen LogP contribution in [0.3, 0.4) is 0 Å². The zero-order valence-electron chi connectivity index (χ0n) is 20.1. The van der Waals surface area contributed by atoms with Gasteiger partial charge < -0.3 is 14.7 Å². The highest BCUT2D eigenvalue weighted by Crippen LogP contribution is 2.33. The van der Waals surface area contributed by atoms with Gasteiger partial charge in [0.05, 0.1) is 22.4 Å². The van der Waals surface area contributed by atoms with Crippen LogP contribution in [-0.2, 0) is 12.7 Å².